The molecular formula is C18H18N2O3. The maximum absolute atomic E-state index is 12.3. The van der Waals surface area contributed by atoms with E-state index in [2.05, 4.69) is 15.4 Å². The number of amides is 1. The zero-order valence-corrected chi connectivity index (χ0v) is 12.8. The third-order valence-corrected chi connectivity index (χ3v) is 3.06. The number of methoxy groups -OCH3 is 1. The van der Waals surface area contributed by atoms with Gasteiger partial charge in [-0.25, -0.2) is 4.79 Å². The molecule has 0 aromatic heterocycles. The van der Waals surface area contributed by atoms with Gasteiger partial charge < -0.3 is 15.4 Å². The fourth-order valence-corrected chi connectivity index (χ4v) is 1.94. The fraction of sp³-hybridized carbons (Fsp3) is 0.111. The van der Waals surface area contributed by atoms with Gasteiger partial charge in [-0.3, -0.25) is 4.79 Å². The third-order valence-electron chi connectivity index (χ3n) is 3.06. The summed E-state index contributed by atoms with van der Waals surface area (Å²) in [7, 11) is 1.30. The van der Waals surface area contributed by atoms with E-state index in [0.29, 0.717) is 11.3 Å². The van der Waals surface area contributed by atoms with Crippen molar-refractivity contribution >= 4 is 23.3 Å². The molecule has 5 heteroatoms. The Kier molecular flexibility index (Phi) is 5.94. The summed E-state index contributed by atoms with van der Waals surface area (Å²) in [6, 6.07) is 16.9. The second kappa shape index (κ2) is 8.38. The summed E-state index contributed by atoms with van der Waals surface area (Å²) in [6.07, 6.45) is 2.81. The molecule has 0 bridgehead atoms. The maximum atomic E-state index is 12.3. The Labute approximate surface area is 135 Å². The number of benzene rings is 2. The summed E-state index contributed by atoms with van der Waals surface area (Å²) >= 11 is 0. The van der Waals surface area contributed by atoms with Gasteiger partial charge in [0.1, 0.15) is 0 Å². The molecule has 0 aliphatic carbocycles. The molecule has 0 spiro atoms. The fourth-order valence-electron chi connectivity index (χ4n) is 1.94. The van der Waals surface area contributed by atoms with Crippen LogP contribution in [0.1, 0.15) is 10.4 Å². The van der Waals surface area contributed by atoms with Crippen LogP contribution in [0.25, 0.3) is 0 Å². The predicted molar refractivity (Wildman–Crippen MR) is 89.7 cm³/mol. The Morgan fingerprint density at radius 1 is 1.04 bits per heavy atom. The van der Waals surface area contributed by atoms with Crippen LogP contribution in [0.4, 0.5) is 11.4 Å². The lowest BCUT2D eigenvalue weighted by Crippen LogP contribution is -2.24. The van der Waals surface area contributed by atoms with Gasteiger partial charge in [0, 0.05) is 18.3 Å². The highest BCUT2D eigenvalue weighted by molar-refractivity contribution is 6.00. The zero-order valence-electron chi connectivity index (χ0n) is 12.8. The standard InChI is InChI=1S/C18H18N2O3/c1-23-17(21)12-7-13-19-18(22)15-10-5-6-11-16(15)20-14-8-3-2-4-9-14/h2-12,20H,13H2,1H3,(H,19,22)/b12-7+. The highest BCUT2D eigenvalue weighted by Crippen LogP contribution is 2.20. The molecule has 0 aliphatic rings. The number of hydrogen-bond acceptors (Lipinski definition) is 4. The van der Waals surface area contributed by atoms with E-state index in [4.69, 9.17) is 0 Å². The molecule has 0 heterocycles. The van der Waals surface area contributed by atoms with Crippen molar-refractivity contribution in [1.82, 2.24) is 5.32 Å². The molecule has 2 N–H and O–H groups in total. The highest BCUT2D eigenvalue weighted by Gasteiger charge is 2.10. The van der Waals surface area contributed by atoms with Gasteiger partial charge in [-0.2, -0.15) is 0 Å². The molecule has 2 aromatic carbocycles. The summed E-state index contributed by atoms with van der Waals surface area (Å²) in [5.41, 5.74) is 2.15. The number of esters is 1. The molecule has 23 heavy (non-hydrogen) atoms. The number of nitrogens with one attached hydrogen (secondary N) is 2. The van der Waals surface area contributed by atoms with Crippen LogP contribution in [0.5, 0.6) is 0 Å². The first-order valence-electron chi connectivity index (χ1n) is 7.14. The minimum atomic E-state index is -0.453. The highest BCUT2D eigenvalue weighted by atomic mass is 16.5. The summed E-state index contributed by atoms with van der Waals surface area (Å²) < 4.78 is 4.48. The summed E-state index contributed by atoms with van der Waals surface area (Å²) in [5, 5.41) is 5.95. The molecule has 0 saturated carbocycles. The lowest BCUT2D eigenvalue weighted by molar-refractivity contribution is -0.134. The topological polar surface area (TPSA) is 67.4 Å². The van der Waals surface area contributed by atoms with Gasteiger partial charge in [-0.1, -0.05) is 36.4 Å². The van der Waals surface area contributed by atoms with Gasteiger partial charge in [0.15, 0.2) is 0 Å². The smallest absolute Gasteiger partial charge is 0.330 e. The van der Waals surface area contributed by atoms with E-state index < -0.39 is 5.97 Å². The molecule has 0 radical (unpaired) electrons. The number of hydrogen-bond donors (Lipinski definition) is 2. The number of carbonyl (C=O) groups excluding carboxylic acids is 2. The first kappa shape index (κ1) is 16.3. The van der Waals surface area contributed by atoms with Crippen molar-refractivity contribution < 1.29 is 14.3 Å². The van der Waals surface area contributed by atoms with Gasteiger partial charge in [-0.05, 0) is 24.3 Å². The Hall–Kier alpha value is -3.08. The largest absolute Gasteiger partial charge is 0.466 e. The minimum absolute atomic E-state index is 0.224. The van der Waals surface area contributed by atoms with Crippen LogP contribution in [-0.4, -0.2) is 25.5 Å². The number of ether oxygens (including phenoxy) is 1. The van der Waals surface area contributed by atoms with Crippen LogP contribution in [0.15, 0.2) is 66.7 Å². The van der Waals surface area contributed by atoms with Crippen molar-refractivity contribution in [2.75, 3.05) is 19.0 Å². The Balaban J connectivity index is 2.03. The van der Waals surface area contributed by atoms with Gasteiger partial charge in [0.25, 0.3) is 5.91 Å². The summed E-state index contributed by atoms with van der Waals surface area (Å²) in [6.45, 7) is 0.244. The number of carbonyl (C=O) groups is 2. The van der Waals surface area contributed by atoms with Crippen LogP contribution < -0.4 is 10.6 Å². The van der Waals surface area contributed by atoms with Crippen molar-refractivity contribution in [1.29, 1.82) is 0 Å². The molecule has 0 aliphatic heterocycles. The van der Waals surface area contributed by atoms with Crippen molar-refractivity contribution in [3.05, 3.63) is 72.3 Å². The molecule has 0 atom stereocenters. The lowest BCUT2D eigenvalue weighted by atomic mass is 10.1. The van der Waals surface area contributed by atoms with Gasteiger partial charge in [0.2, 0.25) is 0 Å². The van der Waals surface area contributed by atoms with Crippen molar-refractivity contribution in [2.24, 2.45) is 0 Å². The Morgan fingerprint density at radius 3 is 2.48 bits per heavy atom. The quantitative estimate of drug-likeness (QED) is 0.636. The van der Waals surface area contributed by atoms with Crippen LogP contribution >= 0.6 is 0 Å². The average molecular weight is 310 g/mol. The second-order valence-electron chi connectivity index (χ2n) is 4.67. The van der Waals surface area contributed by atoms with Crippen LogP contribution in [-0.2, 0) is 9.53 Å². The summed E-state index contributed by atoms with van der Waals surface area (Å²) in [4.78, 5) is 23.2. The number of anilines is 2. The molecule has 0 saturated heterocycles. The Morgan fingerprint density at radius 2 is 1.74 bits per heavy atom. The van der Waals surface area contributed by atoms with Crippen LogP contribution in [0.2, 0.25) is 0 Å². The van der Waals surface area contributed by atoms with E-state index in [1.54, 1.807) is 12.1 Å². The molecule has 2 rings (SSSR count). The van der Waals surface area contributed by atoms with Crippen LogP contribution in [0.3, 0.4) is 0 Å². The summed E-state index contributed by atoms with van der Waals surface area (Å²) in [5.74, 6) is -0.677. The molecule has 118 valence electrons. The molecule has 5 nitrogen and oxygen atoms in total. The van der Waals surface area contributed by atoms with E-state index in [9.17, 15) is 9.59 Å². The van der Waals surface area contributed by atoms with Crippen molar-refractivity contribution in [2.45, 2.75) is 0 Å². The van der Waals surface area contributed by atoms with E-state index in [-0.39, 0.29) is 12.5 Å². The van der Waals surface area contributed by atoms with Crippen molar-refractivity contribution in [3.63, 3.8) is 0 Å². The van der Waals surface area contributed by atoms with E-state index in [1.165, 1.54) is 19.3 Å². The third kappa shape index (κ3) is 5.00. The molecule has 0 unspecified atom stereocenters. The second-order valence-corrected chi connectivity index (χ2v) is 4.67. The SMILES string of the molecule is COC(=O)/C=C/CNC(=O)c1ccccc1Nc1ccccc1. The first-order valence-corrected chi connectivity index (χ1v) is 7.14. The maximum Gasteiger partial charge on any atom is 0.330 e. The van der Waals surface area contributed by atoms with Gasteiger partial charge in [-0.15, -0.1) is 0 Å². The van der Waals surface area contributed by atoms with Crippen LogP contribution in [0, 0.1) is 0 Å². The van der Waals surface area contributed by atoms with E-state index in [0.717, 1.165) is 5.69 Å². The number of para-hydroxylation sites is 2. The average Bonchev–Trinajstić information content (AvgIpc) is 2.59. The molecule has 1 amide bonds. The predicted octanol–water partition coefficient (Wildman–Crippen LogP) is 2.89. The van der Waals surface area contributed by atoms with Gasteiger partial charge >= 0.3 is 5.97 Å². The van der Waals surface area contributed by atoms with E-state index >= 15 is 0 Å². The normalized spacial score (nSPS) is 10.3. The zero-order chi connectivity index (χ0) is 16.5. The Bertz CT molecular complexity index is 696. The number of rotatable bonds is 6. The first-order chi connectivity index (χ1) is 11.2. The minimum Gasteiger partial charge on any atom is -0.466 e. The van der Waals surface area contributed by atoms with Gasteiger partial charge in [0.05, 0.1) is 18.4 Å². The molecule has 0 fully saturated rings. The van der Waals surface area contributed by atoms with Crippen molar-refractivity contribution in [3.8, 4) is 0 Å². The molecular weight excluding hydrogens is 292 g/mol. The molecule has 2 aromatic rings. The van der Waals surface area contributed by atoms with E-state index in [1.807, 2.05) is 42.5 Å². The lowest BCUT2D eigenvalue weighted by Gasteiger charge is -2.11. The monoisotopic (exact) mass is 310 g/mol.